The third-order valence-electron chi connectivity index (χ3n) is 3.45. The average molecular weight is 249 g/mol. The number of hydrogen-bond acceptors (Lipinski definition) is 3. The van der Waals surface area contributed by atoms with Gasteiger partial charge in [-0.1, -0.05) is 26.0 Å². The maximum Gasteiger partial charge on any atom is 0.118 e. The Balaban J connectivity index is 2.15. The number of nitrogens with one attached hydrogen (secondary N) is 1. The van der Waals surface area contributed by atoms with Crippen molar-refractivity contribution in [2.75, 3.05) is 20.3 Å². The first kappa shape index (κ1) is 13.4. The van der Waals surface area contributed by atoms with Crippen LogP contribution in [0.1, 0.15) is 32.4 Å². The zero-order valence-corrected chi connectivity index (χ0v) is 11.7. The van der Waals surface area contributed by atoms with Crippen molar-refractivity contribution in [1.29, 1.82) is 0 Å². The summed E-state index contributed by atoms with van der Waals surface area (Å²) in [5.41, 5.74) is 1.39. The lowest BCUT2D eigenvalue weighted by atomic mass is 9.95. The Hall–Kier alpha value is -1.06. The molecule has 0 radical (unpaired) electrons. The Bertz CT molecular complexity index is 386. The van der Waals surface area contributed by atoms with Gasteiger partial charge in [0.2, 0.25) is 0 Å². The second-order valence-electron chi connectivity index (χ2n) is 5.84. The zero-order valence-electron chi connectivity index (χ0n) is 11.7. The molecule has 100 valence electrons. The monoisotopic (exact) mass is 249 g/mol. The van der Waals surface area contributed by atoms with E-state index in [0.717, 1.165) is 18.9 Å². The molecule has 1 aromatic rings. The van der Waals surface area contributed by atoms with Crippen LogP contribution in [0.5, 0.6) is 5.75 Å². The van der Waals surface area contributed by atoms with Crippen LogP contribution in [-0.2, 0) is 4.74 Å². The molecule has 0 saturated carbocycles. The van der Waals surface area contributed by atoms with Crippen LogP contribution in [0.4, 0.5) is 0 Å². The van der Waals surface area contributed by atoms with Gasteiger partial charge in [0.15, 0.2) is 0 Å². The predicted octanol–water partition coefficient (Wildman–Crippen LogP) is 2.77. The van der Waals surface area contributed by atoms with Gasteiger partial charge in [-0.25, -0.2) is 0 Å². The lowest BCUT2D eigenvalue weighted by Gasteiger charge is -2.23. The highest BCUT2D eigenvalue weighted by Gasteiger charge is 2.29. The molecular weight excluding hydrogens is 226 g/mol. The van der Waals surface area contributed by atoms with Crippen LogP contribution in [0.15, 0.2) is 24.3 Å². The molecule has 1 aromatic carbocycles. The summed E-state index contributed by atoms with van der Waals surface area (Å²) >= 11 is 0. The van der Waals surface area contributed by atoms with Crippen molar-refractivity contribution in [2.24, 2.45) is 5.41 Å². The normalized spacial score (nSPS) is 27.6. The number of benzene rings is 1. The van der Waals surface area contributed by atoms with E-state index in [2.05, 4.69) is 38.2 Å². The molecule has 3 heteroatoms. The number of hydrogen-bond donors (Lipinski definition) is 1. The molecule has 2 atom stereocenters. The second kappa shape index (κ2) is 5.29. The van der Waals surface area contributed by atoms with E-state index in [0.29, 0.717) is 6.04 Å². The van der Waals surface area contributed by atoms with Gasteiger partial charge in [0.1, 0.15) is 5.75 Å². The summed E-state index contributed by atoms with van der Waals surface area (Å²) in [6, 6.07) is 8.46. The lowest BCUT2D eigenvalue weighted by Crippen LogP contribution is -2.35. The standard InChI is InChI=1S/C15H23NO2/c1-11-14(18-10-15(2,3)9-16-11)12-5-7-13(17-4)8-6-12/h5-8,11,14,16H,9-10H2,1-4H3. The minimum absolute atomic E-state index is 0.109. The van der Waals surface area contributed by atoms with E-state index in [9.17, 15) is 0 Å². The molecule has 0 amide bonds. The van der Waals surface area contributed by atoms with Crippen molar-refractivity contribution in [3.63, 3.8) is 0 Å². The first-order chi connectivity index (χ1) is 8.52. The van der Waals surface area contributed by atoms with Gasteiger partial charge < -0.3 is 14.8 Å². The van der Waals surface area contributed by atoms with Crippen LogP contribution < -0.4 is 10.1 Å². The summed E-state index contributed by atoms with van der Waals surface area (Å²) in [6.45, 7) is 8.39. The van der Waals surface area contributed by atoms with E-state index in [1.165, 1.54) is 5.56 Å². The van der Waals surface area contributed by atoms with E-state index < -0.39 is 0 Å². The quantitative estimate of drug-likeness (QED) is 0.874. The molecule has 1 aliphatic heterocycles. The SMILES string of the molecule is COc1ccc(C2OCC(C)(C)CNC2C)cc1. The fourth-order valence-electron chi connectivity index (χ4n) is 2.23. The predicted molar refractivity (Wildman–Crippen MR) is 72.9 cm³/mol. The van der Waals surface area contributed by atoms with Gasteiger partial charge in [-0.3, -0.25) is 0 Å². The average Bonchev–Trinajstić information content (AvgIpc) is 2.50. The number of methoxy groups -OCH3 is 1. The third kappa shape index (κ3) is 3.03. The molecule has 2 unspecified atom stereocenters. The Morgan fingerprint density at radius 1 is 1.28 bits per heavy atom. The molecule has 1 saturated heterocycles. The number of ether oxygens (including phenoxy) is 2. The summed E-state index contributed by atoms with van der Waals surface area (Å²) in [7, 11) is 1.68. The maximum absolute atomic E-state index is 6.09. The summed E-state index contributed by atoms with van der Waals surface area (Å²) in [5, 5.41) is 3.56. The van der Waals surface area contributed by atoms with Crippen LogP contribution in [0.25, 0.3) is 0 Å². The molecule has 1 aliphatic rings. The Labute approximate surface area is 109 Å². The smallest absolute Gasteiger partial charge is 0.118 e. The summed E-state index contributed by atoms with van der Waals surface area (Å²) in [4.78, 5) is 0. The molecule has 0 spiro atoms. The van der Waals surface area contributed by atoms with E-state index >= 15 is 0 Å². The first-order valence-electron chi connectivity index (χ1n) is 6.51. The highest BCUT2D eigenvalue weighted by atomic mass is 16.5. The molecule has 0 aromatic heterocycles. The van der Waals surface area contributed by atoms with Crippen LogP contribution in [-0.4, -0.2) is 26.3 Å². The third-order valence-corrected chi connectivity index (χ3v) is 3.45. The van der Waals surface area contributed by atoms with Gasteiger partial charge in [0.05, 0.1) is 19.8 Å². The summed E-state index contributed by atoms with van der Waals surface area (Å²) < 4.78 is 11.3. The highest BCUT2D eigenvalue weighted by Crippen LogP contribution is 2.29. The highest BCUT2D eigenvalue weighted by molar-refractivity contribution is 5.29. The van der Waals surface area contributed by atoms with Gasteiger partial charge >= 0.3 is 0 Å². The molecule has 18 heavy (non-hydrogen) atoms. The van der Waals surface area contributed by atoms with Gasteiger partial charge in [-0.05, 0) is 24.6 Å². The van der Waals surface area contributed by atoms with Crippen molar-refractivity contribution in [3.8, 4) is 5.75 Å². The number of rotatable bonds is 2. The van der Waals surface area contributed by atoms with Crippen molar-refractivity contribution >= 4 is 0 Å². The maximum atomic E-state index is 6.09. The van der Waals surface area contributed by atoms with Gasteiger partial charge in [-0.15, -0.1) is 0 Å². The van der Waals surface area contributed by atoms with E-state index in [4.69, 9.17) is 9.47 Å². The van der Waals surface area contributed by atoms with Crippen molar-refractivity contribution in [1.82, 2.24) is 5.32 Å². The van der Waals surface area contributed by atoms with Crippen LogP contribution in [0.3, 0.4) is 0 Å². The van der Waals surface area contributed by atoms with E-state index in [1.807, 2.05) is 12.1 Å². The largest absolute Gasteiger partial charge is 0.497 e. The second-order valence-corrected chi connectivity index (χ2v) is 5.84. The van der Waals surface area contributed by atoms with Gasteiger partial charge in [0.25, 0.3) is 0 Å². The van der Waals surface area contributed by atoms with Gasteiger partial charge in [0, 0.05) is 18.0 Å². The molecule has 1 fully saturated rings. The summed E-state index contributed by atoms with van der Waals surface area (Å²) in [5.74, 6) is 0.883. The Morgan fingerprint density at radius 3 is 2.56 bits per heavy atom. The fraction of sp³-hybridized carbons (Fsp3) is 0.600. The Morgan fingerprint density at radius 2 is 1.94 bits per heavy atom. The molecule has 1 heterocycles. The lowest BCUT2D eigenvalue weighted by molar-refractivity contribution is 0.0126. The summed E-state index contributed by atoms with van der Waals surface area (Å²) in [6.07, 6.45) is 0.109. The first-order valence-corrected chi connectivity index (χ1v) is 6.51. The topological polar surface area (TPSA) is 30.5 Å². The fourth-order valence-corrected chi connectivity index (χ4v) is 2.23. The minimum Gasteiger partial charge on any atom is -0.497 e. The van der Waals surface area contributed by atoms with Crippen LogP contribution >= 0.6 is 0 Å². The molecule has 0 bridgehead atoms. The van der Waals surface area contributed by atoms with Crippen molar-refractivity contribution in [3.05, 3.63) is 29.8 Å². The van der Waals surface area contributed by atoms with Crippen LogP contribution in [0, 0.1) is 5.41 Å². The molecule has 0 aliphatic carbocycles. The van der Waals surface area contributed by atoms with Crippen LogP contribution in [0.2, 0.25) is 0 Å². The minimum atomic E-state index is 0.109. The van der Waals surface area contributed by atoms with Crippen molar-refractivity contribution in [2.45, 2.75) is 32.9 Å². The molecular formula is C15H23NO2. The zero-order chi connectivity index (χ0) is 13.2. The van der Waals surface area contributed by atoms with E-state index in [1.54, 1.807) is 7.11 Å². The van der Waals surface area contributed by atoms with E-state index in [-0.39, 0.29) is 11.5 Å². The van der Waals surface area contributed by atoms with Gasteiger partial charge in [-0.2, -0.15) is 0 Å². The Kier molecular flexibility index (Phi) is 3.93. The van der Waals surface area contributed by atoms with Crippen molar-refractivity contribution < 1.29 is 9.47 Å². The molecule has 1 N–H and O–H groups in total. The molecule has 3 nitrogen and oxygen atoms in total. The molecule has 2 rings (SSSR count).